The molecule has 8 heteroatoms. The first-order chi connectivity index (χ1) is 14.5. The number of fused-ring (bicyclic) bond motifs is 1. The van der Waals surface area contributed by atoms with Gasteiger partial charge in [0.1, 0.15) is 5.92 Å². The maximum absolute atomic E-state index is 12.5. The Labute approximate surface area is 173 Å². The number of esters is 1. The van der Waals surface area contributed by atoms with E-state index in [1.165, 1.54) is 11.8 Å². The Hall–Kier alpha value is -3.29. The first kappa shape index (κ1) is 20.0. The fourth-order valence-corrected chi connectivity index (χ4v) is 3.77. The largest absolute Gasteiger partial charge is 0.465 e. The fourth-order valence-electron chi connectivity index (χ4n) is 3.77. The predicted octanol–water partition coefficient (Wildman–Crippen LogP) is 4.00. The van der Waals surface area contributed by atoms with E-state index < -0.39 is 11.9 Å². The molecular weight excluding hydrogens is 386 g/mol. The molecule has 0 saturated carbocycles. The molecule has 3 aromatic rings. The van der Waals surface area contributed by atoms with E-state index >= 15 is 0 Å². The van der Waals surface area contributed by atoms with Crippen LogP contribution in [0.5, 0.6) is 0 Å². The van der Waals surface area contributed by atoms with Crippen LogP contribution in [0.3, 0.4) is 0 Å². The number of oxazole rings is 1. The molecule has 8 nitrogen and oxygen atoms in total. The number of aryl methyl sites for hydroxylation is 2. The summed E-state index contributed by atoms with van der Waals surface area (Å²) >= 11 is 0. The Morgan fingerprint density at radius 1 is 1.33 bits per heavy atom. The van der Waals surface area contributed by atoms with Crippen molar-refractivity contribution in [3.05, 3.63) is 53.1 Å². The minimum atomic E-state index is -0.615. The average molecular weight is 409 g/mol. The lowest BCUT2D eigenvalue weighted by Crippen LogP contribution is -2.13. The molecule has 2 heterocycles. The van der Waals surface area contributed by atoms with E-state index in [1.807, 2.05) is 18.2 Å². The summed E-state index contributed by atoms with van der Waals surface area (Å²) in [6.45, 7) is 5.45. The quantitative estimate of drug-likeness (QED) is 0.425. The smallest absolute Gasteiger partial charge is 0.318 e. The summed E-state index contributed by atoms with van der Waals surface area (Å²) in [7, 11) is 0. The van der Waals surface area contributed by atoms with Gasteiger partial charge in [0.15, 0.2) is 17.4 Å². The highest BCUT2D eigenvalue weighted by atomic mass is 16.5. The van der Waals surface area contributed by atoms with Crippen LogP contribution in [0.25, 0.3) is 11.4 Å². The Bertz CT molecular complexity index is 1080. The SMILES string of the molecule is CCOC(=O)C(C)c1nc(-c2ccc3c(c2)CCC3CC(=O)c2cnc(C)o2)no1. The maximum Gasteiger partial charge on any atom is 0.318 e. The fraction of sp³-hybridized carbons (Fsp3) is 0.409. The van der Waals surface area contributed by atoms with Gasteiger partial charge in [-0.3, -0.25) is 9.59 Å². The van der Waals surface area contributed by atoms with E-state index in [2.05, 4.69) is 15.1 Å². The zero-order chi connectivity index (χ0) is 21.3. The van der Waals surface area contributed by atoms with Crippen molar-refractivity contribution in [2.45, 2.75) is 51.9 Å². The van der Waals surface area contributed by atoms with E-state index in [0.29, 0.717) is 30.5 Å². The highest BCUT2D eigenvalue weighted by Crippen LogP contribution is 2.38. The molecule has 0 radical (unpaired) electrons. The molecule has 1 aromatic carbocycles. The second kappa shape index (κ2) is 8.22. The summed E-state index contributed by atoms with van der Waals surface area (Å²) in [6, 6.07) is 5.97. The van der Waals surface area contributed by atoms with Crippen LogP contribution in [0.2, 0.25) is 0 Å². The number of aromatic nitrogens is 3. The summed E-state index contributed by atoms with van der Waals surface area (Å²) in [4.78, 5) is 32.7. The summed E-state index contributed by atoms with van der Waals surface area (Å²) in [5.41, 5.74) is 3.15. The van der Waals surface area contributed by atoms with Crippen LogP contribution < -0.4 is 0 Å². The monoisotopic (exact) mass is 409 g/mol. The van der Waals surface area contributed by atoms with Crippen LogP contribution in [0.4, 0.5) is 0 Å². The van der Waals surface area contributed by atoms with E-state index in [4.69, 9.17) is 13.7 Å². The van der Waals surface area contributed by atoms with Gasteiger partial charge in [0.2, 0.25) is 11.7 Å². The van der Waals surface area contributed by atoms with Crippen LogP contribution >= 0.6 is 0 Å². The number of benzene rings is 1. The van der Waals surface area contributed by atoms with Crippen LogP contribution in [0.1, 0.15) is 72.0 Å². The number of carbonyl (C=O) groups excluding carboxylic acids is 2. The molecule has 0 fully saturated rings. The van der Waals surface area contributed by atoms with Crippen molar-refractivity contribution in [2.75, 3.05) is 6.61 Å². The normalized spacial score (nSPS) is 16.3. The van der Waals surface area contributed by atoms with Gasteiger partial charge < -0.3 is 13.7 Å². The van der Waals surface area contributed by atoms with Crippen LogP contribution in [-0.4, -0.2) is 33.5 Å². The van der Waals surface area contributed by atoms with E-state index in [0.717, 1.165) is 24.0 Å². The maximum atomic E-state index is 12.5. The van der Waals surface area contributed by atoms with Crippen LogP contribution in [0, 0.1) is 6.92 Å². The third-order valence-electron chi connectivity index (χ3n) is 5.38. The van der Waals surface area contributed by atoms with Gasteiger partial charge >= 0.3 is 5.97 Å². The van der Waals surface area contributed by atoms with Gasteiger partial charge in [0, 0.05) is 18.9 Å². The first-order valence-corrected chi connectivity index (χ1v) is 10.0. The number of Topliss-reactive ketones (excluding diaryl/α,β-unsaturated/α-hetero) is 1. The van der Waals surface area contributed by atoms with Gasteiger partial charge in [0.05, 0.1) is 12.8 Å². The molecule has 0 spiro atoms. The third kappa shape index (κ3) is 3.90. The second-order valence-corrected chi connectivity index (χ2v) is 7.45. The molecule has 0 bridgehead atoms. The number of ketones is 1. The highest BCUT2D eigenvalue weighted by Gasteiger charge is 2.28. The van der Waals surface area contributed by atoms with Gasteiger partial charge in [-0.05, 0) is 49.8 Å². The molecule has 0 N–H and O–H groups in total. The minimum Gasteiger partial charge on any atom is -0.465 e. The molecule has 1 aliphatic rings. The van der Waals surface area contributed by atoms with Gasteiger partial charge in [-0.25, -0.2) is 4.98 Å². The number of hydrogen-bond acceptors (Lipinski definition) is 8. The van der Waals surface area contributed by atoms with Crippen molar-refractivity contribution in [3.8, 4) is 11.4 Å². The highest BCUT2D eigenvalue weighted by molar-refractivity contribution is 5.93. The van der Waals surface area contributed by atoms with Crippen molar-refractivity contribution in [1.29, 1.82) is 0 Å². The number of nitrogens with zero attached hydrogens (tertiary/aromatic N) is 3. The predicted molar refractivity (Wildman–Crippen MR) is 106 cm³/mol. The van der Waals surface area contributed by atoms with Gasteiger partial charge in [0.25, 0.3) is 0 Å². The molecule has 0 aliphatic heterocycles. The molecule has 2 atom stereocenters. The Balaban J connectivity index is 1.49. The average Bonchev–Trinajstić information content (AvgIpc) is 3.47. The number of ether oxygens (including phenoxy) is 1. The van der Waals surface area contributed by atoms with Gasteiger partial charge in [-0.1, -0.05) is 17.3 Å². The molecule has 1 aliphatic carbocycles. The molecule has 0 amide bonds. The molecule has 2 aromatic heterocycles. The zero-order valence-electron chi connectivity index (χ0n) is 17.2. The molecular formula is C22H23N3O5. The number of rotatable bonds is 7. The Morgan fingerprint density at radius 2 is 2.17 bits per heavy atom. The number of carbonyl (C=O) groups is 2. The molecule has 30 heavy (non-hydrogen) atoms. The Kier molecular flexibility index (Phi) is 5.48. The summed E-state index contributed by atoms with van der Waals surface area (Å²) in [5, 5.41) is 4.02. The van der Waals surface area contributed by atoms with E-state index in [1.54, 1.807) is 20.8 Å². The second-order valence-electron chi connectivity index (χ2n) is 7.45. The lowest BCUT2D eigenvalue weighted by Gasteiger charge is -2.10. The minimum absolute atomic E-state index is 0.0340. The Morgan fingerprint density at radius 3 is 2.90 bits per heavy atom. The topological polar surface area (TPSA) is 108 Å². The number of hydrogen-bond donors (Lipinski definition) is 0. The summed E-state index contributed by atoms with van der Waals surface area (Å²) < 4.78 is 15.6. The van der Waals surface area contributed by atoms with E-state index in [9.17, 15) is 9.59 Å². The molecule has 156 valence electrons. The van der Waals surface area contributed by atoms with Crippen LogP contribution in [0.15, 0.2) is 33.3 Å². The zero-order valence-corrected chi connectivity index (χ0v) is 17.2. The molecule has 0 saturated heterocycles. The van der Waals surface area contributed by atoms with Crippen molar-refractivity contribution in [2.24, 2.45) is 0 Å². The summed E-state index contributed by atoms with van der Waals surface area (Å²) in [6.07, 6.45) is 3.65. The van der Waals surface area contributed by atoms with Crippen LogP contribution in [-0.2, 0) is 16.0 Å². The van der Waals surface area contributed by atoms with E-state index in [-0.39, 0.29) is 17.6 Å². The third-order valence-corrected chi connectivity index (χ3v) is 5.38. The van der Waals surface area contributed by atoms with Crippen molar-refractivity contribution in [3.63, 3.8) is 0 Å². The molecule has 4 rings (SSSR count). The standard InChI is InChI=1S/C22H23N3O5/c1-4-28-22(27)12(2)21-24-20(25-30-21)16-7-8-17-14(9-16)5-6-15(17)10-18(26)19-11-23-13(3)29-19/h7-9,11-12,15H,4-6,10H2,1-3H3. The van der Waals surface area contributed by atoms with Crippen molar-refractivity contribution >= 4 is 11.8 Å². The van der Waals surface area contributed by atoms with Crippen molar-refractivity contribution in [1.82, 2.24) is 15.1 Å². The lowest BCUT2D eigenvalue weighted by molar-refractivity contribution is -0.145. The van der Waals surface area contributed by atoms with Crippen molar-refractivity contribution < 1.29 is 23.3 Å². The van der Waals surface area contributed by atoms with Gasteiger partial charge in [-0.2, -0.15) is 4.98 Å². The van der Waals surface area contributed by atoms with Gasteiger partial charge in [-0.15, -0.1) is 0 Å². The lowest BCUT2D eigenvalue weighted by atomic mass is 9.94. The first-order valence-electron chi connectivity index (χ1n) is 10.0. The summed E-state index contributed by atoms with van der Waals surface area (Å²) in [5.74, 6) is 0.575. The molecule has 2 unspecified atom stereocenters.